The second kappa shape index (κ2) is 10.1. The molecule has 1 atom stereocenters. The summed E-state index contributed by atoms with van der Waals surface area (Å²) in [5, 5.41) is 0. The van der Waals surface area contributed by atoms with Crippen LogP contribution < -0.4 is 4.90 Å². The quantitative estimate of drug-likeness (QED) is 0.406. The molecule has 0 radical (unpaired) electrons. The lowest BCUT2D eigenvalue weighted by Gasteiger charge is -2.44. The van der Waals surface area contributed by atoms with Gasteiger partial charge in [-0.15, -0.1) is 0 Å². The Balaban J connectivity index is 2.30. The van der Waals surface area contributed by atoms with Crippen LogP contribution in [0.2, 0.25) is 0 Å². The summed E-state index contributed by atoms with van der Waals surface area (Å²) in [6.07, 6.45) is 9.07. The molecule has 0 spiro atoms. The van der Waals surface area contributed by atoms with Gasteiger partial charge < -0.3 is 9.80 Å². The molecule has 0 N–H and O–H groups in total. The highest BCUT2D eigenvalue weighted by molar-refractivity contribution is 5.63. The van der Waals surface area contributed by atoms with E-state index in [0.717, 1.165) is 5.92 Å². The van der Waals surface area contributed by atoms with Crippen LogP contribution in [0.1, 0.15) is 116 Å². The van der Waals surface area contributed by atoms with Crippen molar-refractivity contribution in [1.29, 1.82) is 0 Å². The molecule has 172 valence electrons. The van der Waals surface area contributed by atoms with Gasteiger partial charge in [0.15, 0.2) is 0 Å². The Bertz CT molecular complexity index is 663. The molecule has 1 fully saturated rings. The van der Waals surface area contributed by atoms with Crippen LogP contribution in [0.25, 0.3) is 0 Å². The van der Waals surface area contributed by atoms with Gasteiger partial charge in [-0.05, 0) is 102 Å². The highest BCUT2D eigenvalue weighted by Crippen LogP contribution is 2.44. The highest BCUT2D eigenvalue weighted by Gasteiger charge is 2.34. The van der Waals surface area contributed by atoms with E-state index in [4.69, 9.17) is 0 Å². The van der Waals surface area contributed by atoms with Gasteiger partial charge in [-0.3, -0.25) is 0 Å². The number of hydrogen-bond acceptors (Lipinski definition) is 2. The lowest BCUT2D eigenvalue weighted by Crippen LogP contribution is -2.44. The zero-order valence-corrected chi connectivity index (χ0v) is 21.8. The summed E-state index contributed by atoms with van der Waals surface area (Å²) >= 11 is 0. The van der Waals surface area contributed by atoms with Gasteiger partial charge in [0.1, 0.15) is 0 Å². The highest BCUT2D eigenvalue weighted by atomic mass is 15.2. The fourth-order valence-corrected chi connectivity index (χ4v) is 5.43. The van der Waals surface area contributed by atoms with Crippen LogP contribution >= 0.6 is 0 Å². The summed E-state index contributed by atoms with van der Waals surface area (Å²) in [5.41, 5.74) is 5.20. The molecule has 1 unspecified atom stereocenters. The first-order valence-electron chi connectivity index (χ1n) is 12.5. The van der Waals surface area contributed by atoms with E-state index >= 15 is 0 Å². The Kier molecular flexibility index (Phi) is 8.47. The van der Waals surface area contributed by atoms with Crippen molar-refractivity contribution < 1.29 is 0 Å². The molecular formula is C28H50N2. The summed E-state index contributed by atoms with van der Waals surface area (Å²) in [6, 6.07) is 7.08. The summed E-state index contributed by atoms with van der Waals surface area (Å²) in [7, 11) is 6.84. The summed E-state index contributed by atoms with van der Waals surface area (Å²) in [6.45, 7) is 16.7. The van der Waals surface area contributed by atoms with Crippen LogP contribution in [0.5, 0.6) is 0 Å². The first-order valence-corrected chi connectivity index (χ1v) is 12.5. The topological polar surface area (TPSA) is 6.48 Å². The lowest BCUT2D eigenvalue weighted by atomic mass is 9.73. The van der Waals surface area contributed by atoms with E-state index in [1.807, 2.05) is 0 Å². The van der Waals surface area contributed by atoms with Crippen molar-refractivity contribution in [1.82, 2.24) is 4.90 Å². The largest absolute Gasteiger partial charge is 0.369 e. The molecule has 1 aromatic carbocycles. The van der Waals surface area contributed by atoms with E-state index in [1.165, 1.54) is 56.2 Å². The van der Waals surface area contributed by atoms with E-state index in [-0.39, 0.29) is 5.54 Å². The second-order valence-corrected chi connectivity index (χ2v) is 11.2. The van der Waals surface area contributed by atoms with Gasteiger partial charge in [-0.1, -0.05) is 52.8 Å². The molecular weight excluding hydrogens is 364 g/mol. The third-order valence-electron chi connectivity index (χ3n) is 8.87. The first-order chi connectivity index (χ1) is 14.0. The SMILES string of the molecule is CCC(C)(CC)N(C)c1c(C(C)C)cccc1C(C)CC1CCC(C)(N(C)C)CC1. The molecule has 2 heteroatoms. The molecule has 2 nitrogen and oxygen atoms in total. The fraction of sp³-hybridized carbons (Fsp3) is 0.786. The Morgan fingerprint density at radius 1 is 1.00 bits per heavy atom. The number of hydrogen-bond donors (Lipinski definition) is 0. The molecule has 0 bridgehead atoms. The van der Waals surface area contributed by atoms with E-state index in [1.54, 1.807) is 5.56 Å². The predicted octanol–water partition coefficient (Wildman–Crippen LogP) is 7.83. The van der Waals surface area contributed by atoms with Crippen molar-refractivity contribution in [2.45, 2.75) is 116 Å². The molecule has 0 aliphatic heterocycles. The molecule has 1 aliphatic rings. The molecule has 0 aromatic heterocycles. The number of rotatable bonds is 9. The fourth-order valence-electron chi connectivity index (χ4n) is 5.43. The van der Waals surface area contributed by atoms with Gasteiger partial charge in [-0.25, -0.2) is 0 Å². The van der Waals surface area contributed by atoms with Crippen molar-refractivity contribution in [3.8, 4) is 0 Å². The van der Waals surface area contributed by atoms with Crippen molar-refractivity contribution in [2.24, 2.45) is 5.92 Å². The van der Waals surface area contributed by atoms with Crippen molar-refractivity contribution >= 4 is 5.69 Å². The summed E-state index contributed by atoms with van der Waals surface area (Å²) in [4.78, 5) is 5.07. The van der Waals surface area contributed by atoms with E-state index in [0.29, 0.717) is 17.4 Å². The molecule has 0 saturated heterocycles. The first kappa shape index (κ1) is 25.2. The van der Waals surface area contributed by atoms with Crippen LogP contribution in [0, 0.1) is 5.92 Å². The maximum atomic E-state index is 2.62. The smallest absolute Gasteiger partial charge is 0.0438 e. The summed E-state index contributed by atoms with van der Waals surface area (Å²) in [5.74, 6) is 2.01. The third-order valence-corrected chi connectivity index (χ3v) is 8.87. The van der Waals surface area contributed by atoms with Crippen LogP contribution in [-0.4, -0.2) is 37.1 Å². The van der Waals surface area contributed by atoms with Crippen LogP contribution in [-0.2, 0) is 0 Å². The van der Waals surface area contributed by atoms with Crippen molar-refractivity contribution in [2.75, 3.05) is 26.0 Å². The number of para-hydroxylation sites is 1. The zero-order valence-electron chi connectivity index (χ0n) is 21.8. The van der Waals surface area contributed by atoms with Crippen LogP contribution in [0.15, 0.2) is 18.2 Å². The van der Waals surface area contributed by atoms with E-state index in [2.05, 4.69) is 97.6 Å². The molecule has 1 aromatic rings. The van der Waals surface area contributed by atoms with Gasteiger partial charge in [0.2, 0.25) is 0 Å². The van der Waals surface area contributed by atoms with Gasteiger partial charge in [0.05, 0.1) is 0 Å². The molecule has 0 amide bonds. The van der Waals surface area contributed by atoms with Crippen LogP contribution in [0.4, 0.5) is 5.69 Å². The second-order valence-electron chi connectivity index (χ2n) is 11.2. The molecule has 30 heavy (non-hydrogen) atoms. The molecule has 2 rings (SSSR count). The predicted molar refractivity (Wildman–Crippen MR) is 135 cm³/mol. The lowest BCUT2D eigenvalue weighted by molar-refractivity contribution is 0.0934. The van der Waals surface area contributed by atoms with Gasteiger partial charge in [0, 0.05) is 23.8 Å². The number of benzene rings is 1. The maximum absolute atomic E-state index is 2.62. The zero-order chi connectivity index (χ0) is 22.7. The minimum absolute atomic E-state index is 0.206. The van der Waals surface area contributed by atoms with E-state index in [9.17, 15) is 0 Å². The minimum Gasteiger partial charge on any atom is -0.369 e. The number of nitrogens with zero attached hydrogens (tertiary/aromatic N) is 2. The minimum atomic E-state index is 0.206. The van der Waals surface area contributed by atoms with E-state index < -0.39 is 0 Å². The normalized spacial score (nSPS) is 23.8. The van der Waals surface area contributed by atoms with Crippen molar-refractivity contribution in [3.05, 3.63) is 29.3 Å². The Morgan fingerprint density at radius 2 is 1.53 bits per heavy atom. The van der Waals surface area contributed by atoms with Crippen LogP contribution in [0.3, 0.4) is 0 Å². The Hall–Kier alpha value is -1.02. The maximum Gasteiger partial charge on any atom is 0.0438 e. The average Bonchev–Trinajstić information content (AvgIpc) is 2.73. The van der Waals surface area contributed by atoms with Gasteiger partial charge in [-0.2, -0.15) is 0 Å². The average molecular weight is 415 g/mol. The monoisotopic (exact) mass is 414 g/mol. The van der Waals surface area contributed by atoms with Gasteiger partial charge in [0.25, 0.3) is 0 Å². The summed E-state index contributed by atoms with van der Waals surface area (Å²) < 4.78 is 0. The Morgan fingerprint density at radius 3 is 2.00 bits per heavy atom. The van der Waals surface area contributed by atoms with Crippen molar-refractivity contribution in [3.63, 3.8) is 0 Å². The Labute approximate surface area is 188 Å². The molecule has 1 saturated carbocycles. The standard InChI is InChI=1S/C28H50N2/c1-11-27(6,12-2)30(10)26-24(21(3)4)14-13-15-25(26)22(5)20-23-16-18-28(7,19-17-23)29(8)9/h13-15,21-23H,11-12,16-20H2,1-10H3. The molecule has 0 heterocycles. The molecule has 1 aliphatic carbocycles. The number of anilines is 1. The third kappa shape index (κ3) is 5.23. The van der Waals surface area contributed by atoms with Gasteiger partial charge >= 0.3 is 0 Å².